The predicted molar refractivity (Wildman–Crippen MR) is 98.7 cm³/mol. The highest BCUT2D eigenvalue weighted by atomic mass is 16.3. The molecule has 0 bridgehead atoms. The largest absolute Gasteiger partial charge is 0.392 e. The van der Waals surface area contributed by atoms with Crippen molar-refractivity contribution < 1.29 is 9.90 Å². The van der Waals surface area contributed by atoms with Crippen LogP contribution in [-0.4, -0.2) is 40.0 Å². The fourth-order valence-corrected chi connectivity index (χ4v) is 3.43. The zero-order chi connectivity index (χ0) is 17.6. The molecule has 1 atom stereocenters. The van der Waals surface area contributed by atoms with E-state index in [9.17, 15) is 9.90 Å². The molecule has 25 heavy (non-hydrogen) atoms. The van der Waals surface area contributed by atoms with Crippen molar-refractivity contribution in [2.24, 2.45) is 0 Å². The van der Waals surface area contributed by atoms with Gasteiger partial charge in [0.2, 0.25) is 5.91 Å². The zero-order valence-corrected chi connectivity index (χ0v) is 14.6. The smallest absolute Gasteiger partial charge is 0.245 e. The van der Waals surface area contributed by atoms with Gasteiger partial charge in [0.25, 0.3) is 0 Å². The molecule has 1 amide bonds. The number of aliphatic hydroxyl groups excluding tert-OH is 1. The predicted octanol–water partition coefficient (Wildman–Crippen LogP) is 2.82. The first-order chi connectivity index (χ1) is 12.1. The highest BCUT2D eigenvalue weighted by Gasteiger charge is 2.21. The van der Waals surface area contributed by atoms with E-state index < -0.39 is 6.10 Å². The summed E-state index contributed by atoms with van der Waals surface area (Å²) >= 11 is 0. The minimum atomic E-state index is -0.517. The Morgan fingerprint density at radius 1 is 1.32 bits per heavy atom. The molecule has 0 aliphatic heterocycles. The number of para-hydroxylation sites is 1. The van der Waals surface area contributed by atoms with Gasteiger partial charge in [-0.05, 0) is 31.9 Å². The number of hydrogen-bond acceptors (Lipinski definition) is 4. The second kappa shape index (κ2) is 8.16. The van der Waals surface area contributed by atoms with Gasteiger partial charge in [0, 0.05) is 18.3 Å². The van der Waals surface area contributed by atoms with E-state index in [0.29, 0.717) is 12.6 Å². The summed E-state index contributed by atoms with van der Waals surface area (Å²) in [6, 6.07) is 11.9. The fraction of sp³-hybridized carbons (Fsp3) is 0.474. The summed E-state index contributed by atoms with van der Waals surface area (Å²) in [5.41, 5.74) is 0.919. The van der Waals surface area contributed by atoms with E-state index in [1.807, 2.05) is 46.0 Å². The Balaban J connectivity index is 1.67. The van der Waals surface area contributed by atoms with Gasteiger partial charge in [-0.25, -0.2) is 4.68 Å². The third-order valence-electron chi connectivity index (χ3n) is 4.55. The molecule has 3 rings (SSSR count). The van der Waals surface area contributed by atoms with Crippen LogP contribution in [0.2, 0.25) is 0 Å². The van der Waals surface area contributed by atoms with E-state index in [1.54, 1.807) is 13.1 Å². The standard InChI is InChI=1S/C19H26N4O2/c1-15(24)13-22(16-7-3-2-4-8-16)14-19(25)21-18-11-12-20-23(18)17-9-5-6-10-17/h2-4,7-8,11-12,15,17,24H,5-6,9-10,13-14H2,1H3,(H,21,25). The molecule has 1 aliphatic carbocycles. The molecule has 1 saturated carbocycles. The van der Waals surface area contributed by atoms with Crippen molar-refractivity contribution in [2.75, 3.05) is 23.3 Å². The molecule has 2 N–H and O–H groups in total. The molecule has 1 aliphatic rings. The summed E-state index contributed by atoms with van der Waals surface area (Å²) < 4.78 is 1.94. The number of benzene rings is 1. The number of nitrogens with one attached hydrogen (secondary N) is 1. The summed E-state index contributed by atoms with van der Waals surface area (Å²) in [4.78, 5) is 14.5. The monoisotopic (exact) mass is 342 g/mol. The zero-order valence-electron chi connectivity index (χ0n) is 14.6. The van der Waals surface area contributed by atoms with Gasteiger partial charge in [-0.1, -0.05) is 31.0 Å². The van der Waals surface area contributed by atoms with E-state index in [0.717, 1.165) is 24.3 Å². The van der Waals surface area contributed by atoms with E-state index in [2.05, 4.69) is 10.4 Å². The number of rotatable bonds is 7. The van der Waals surface area contributed by atoms with Crippen molar-refractivity contribution in [2.45, 2.75) is 44.8 Å². The van der Waals surface area contributed by atoms with Crippen LogP contribution in [0.15, 0.2) is 42.6 Å². The molecule has 134 valence electrons. The van der Waals surface area contributed by atoms with Crippen molar-refractivity contribution in [1.29, 1.82) is 0 Å². The number of aliphatic hydroxyl groups is 1. The second-order valence-corrected chi connectivity index (χ2v) is 6.71. The third kappa shape index (κ3) is 4.60. The maximum absolute atomic E-state index is 12.6. The molecular formula is C19H26N4O2. The lowest BCUT2D eigenvalue weighted by Crippen LogP contribution is -2.38. The van der Waals surface area contributed by atoms with Crippen molar-refractivity contribution in [3.8, 4) is 0 Å². The van der Waals surface area contributed by atoms with E-state index >= 15 is 0 Å². The lowest BCUT2D eigenvalue weighted by Gasteiger charge is -2.25. The Hall–Kier alpha value is -2.34. The van der Waals surface area contributed by atoms with Gasteiger partial charge in [-0.15, -0.1) is 0 Å². The number of aromatic nitrogens is 2. The maximum Gasteiger partial charge on any atom is 0.245 e. The average Bonchev–Trinajstić information content (AvgIpc) is 3.25. The molecule has 6 nitrogen and oxygen atoms in total. The first-order valence-corrected chi connectivity index (χ1v) is 8.95. The van der Waals surface area contributed by atoms with Crippen LogP contribution in [0.3, 0.4) is 0 Å². The second-order valence-electron chi connectivity index (χ2n) is 6.71. The van der Waals surface area contributed by atoms with Crippen molar-refractivity contribution in [3.63, 3.8) is 0 Å². The summed E-state index contributed by atoms with van der Waals surface area (Å²) in [5.74, 6) is 0.645. The topological polar surface area (TPSA) is 70.4 Å². The minimum Gasteiger partial charge on any atom is -0.392 e. The van der Waals surface area contributed by atoms with E-state index in [-0.39, 0.29) is 12.5 Å². The van der Waals surface area contributed by atoms with Gasteiger partial charge in [0.1, 0.15) is 5.82 Å². The van der Waals surface area contributed by atoms with Crippen LogP contribution in [0.5, 0.6) is 0 Å². The fourth-order valence-electron chi connectivity index (χ4n) is 3.43. The lowest BCUT2D eigenvalue weighted by molar-refractivity contribution is -0.115. The lowest BCUT2D eigenvalue weighted by atomic mass is 10.2. The molecule has 0 saturated heterocycles. The van der Waals surface area contributed by atoms with Gasteiger partial charge in [-0.3, -0.25) is 4.79 Å². The van der Waals surface area contributed by atoms with Gasteiger partial charge in [-0.2, -0.15) is 5.10 Å². The number of hydrogen-bond donors (Lipinski definition) is 2. The Kier molecular flexibility index (Phi) is 5.71. The Labute approximate surface area is 148 Å². The Morgan fingerprint density at radius 3 is 2.72 bits per heavy atom. The molecule has 1 heterocycles. The van der Waals surface area contributed by atoms with Gasteiger partial charge in [0.05, 0.1) is 24.9 Å². The molecule has 6 heteroatoms. The molecule has 1 fully saturated rings. The summed E-state index contributed by atoms with van der Waals surface area (Å²) in [7, 11) is 0. The number of carbonyl (C=O) groups excluding carboxylic acids is 1. The van der Waals surface area contributed by atoms with Crippen molar-refractivity contribution >= 4 is 17.4 Å². The van der Waals surface area contributed by atoms with Crippen LogP contribution in [0, 0.1) is 0 Å². The average molecular weight is 342 g/mol. The van der Waals surface area contributed by atoms with Gasteiger partial charge in [0.15, 0.2) is 0 Å². The summed E-state index contributed by atoms with van der Waals surface area (Å²) in [6.07, 6.45) is 5.88. The van der Waals surface area contributed by atoms with Gasteiger partial charge >= 0.3 is 0 Å². The summed E-state index contributed by atoms with van der Waals surface area (Å²) in [5, 5.41) is 17.1. The maximum atomic E-state index is 12.6. The number of anilines is 2. The molecule has 2 aromatic rings. The van der Waals surface area contributed by atoms with Crippen molar-refractivity contribution in [1.82, 2.24) is 9.78 Å². The van der Waals surface area contributed by atoms with Crippen LogP contribution in [0.25, 0.3) is 0 Å². The molecule has 0 radical (unpaired) electrons. The van der Waals surface area contributed by atoms with Crippen LogP contribution >= 0.6 is 0 Å². The van der Waals surface area contributed by atoms with Crippen LogP contribution < -0.4 is 10.2 Å². The number of nitrogens with zero attached hydrogens (tertiary/aromatic N) is 3. The highest BCUT2D eigenvalue weighted by molar-refractivity contribution is 5.93. The molecule has 1 aromatic carbocycles. The quantitative estimate of drug-likeness (QED) is 0.812. The Bertz CT molecular complexity index is 678. The molecule has 1 aromatic heterocycles. The van der Waals surface area contributed by atoms with Crippen LogP contribution in [0.1, 0.15) is 38.6 Å². The van der Waals surface area contributed by atoms with Crippen molar-refractivity contribution in [3.05, 3.63) is 42.6 Å². The van der Waals surface area contributed by atoms with Crippen LogP contribution in [-0.2, 0) is 4.79 Å². The third-order valence-corrected chi connectivity index (χ3v) is 4.55. The first-order valence-electron chi connectivity index (χ1n) is 8.95. The van der Waals surface area contributed by atoms with E-state index in [4.69, 9.17) is 0 Å². The normalized spacial score (nSPS) is 15.9. The first kappa shape index (κ1) is 17.5. The highest BCUT2D eigenvalue weighted by Crippen LogP contribution is 2.31. The number of carbonyl (C=O) groups is 1. The summed E-state index contributed by atoms with van der Waals surface area (Å²) in [6.45, 7) is 2.31. The SMILES string of the molecule is CC(O)CN(CC(=O)Nc1ccnn1C1CCCC1)c1ccccc1. The number of amides is 1. The van der Waals surface area contributed by atoms with Gasteiger partial charge < -0.3 is 15.3 Å². The molecular weight excluding hydrogens is 316 g/mol. The minimum absolute atomic E-state index is 0.107. The molecule has 0 spiro atoms. The Morgan fingerprint density at radius 2 is 2.04 bits per heavy atom. The van der Waals surface area contributed by atoms with Crippen LogP contribution in [0.4, 0.5) is 11.5 Å². The molecule has 1 unspecified atom stereocenters. The van der Waals surface area contributed by atoms with E-state index in [1.165, 1.54) is 12.8 Å².